The molecular weight excluding hydrogens is 308 g/mol. The molecule has 0 fully saturated rings. The SMILES string of the molecule is C[C@H]1CCc2cc(F)ccc2N1S(=O)(=O)c1ccc(F)cc1. The van der Waals surface area contributed by atoms with Crippen LogP contribution in [0, 0.1) is 11.6 Å². The molecule has 1 aliphatic rings. The molecule has 116 valence electrons. The second-order valence-corrected chi connectivity index (χ2v) is 7.23. The molecule has 0 aromatic heterocycles. The van der Waals surface area contributed by atoms with E-state index in [9.17, 15) is 17.2 Å². The number of nitrogens with zero attached hydrogens (tertiary/aromatic N) is 1. The van der Waals surface area contributed by atoms with Crippen LogP contribution < -0.4 is 4.31 Å². The molecule has 0 aliphatic carbocycles. The molecule has 22 heavy (non-hydrogen) atoms. The van der Waals surface area contributed by atoms with E-state index in [1.165, 1.54) is 34.6 Å². The molecule has 0 spiro atoms. The maximum Gasteiger partial charge on any atom is 0.264 e. The second-order valence-electron chi connectivity index (χ2n) is 5.42. The van der Waals surface area contributed by atoms with Gasteiger partial charge in [-0.3, -0.25) is 4.31 Å². The van der Waals surface area contributed by atoms with Gasteiger partial charge in [0.1, 0.15) is 11.6 Å². The summed E-state index contributed by atoms with van der Waals surface area (Å²) in [5.41, 5.74) is 1.16. The van der Waals surface area contributed by atoms with Crippen LogP contribution in [0.2, 0.25) is 0 Å². The Hall–Kier alpha value is -1.95. The van der Waals surface area contributed by atoms with E-state index in [1.807, 2.05) is 6.92 Å². The number of halogens is 2. The molecule has 1 atom stereocenters. The first kappa shape index (κ1) is 15.0. The van der Waals surface area contributed by atoms with E-state index < -0.39 is 15.8 Å². The van der Waals surface area contributed by atoms with Gasteiger partial charge in [0.25, 0.3) is 10.0 Å². The largest absolute Gasteiger partial charge is 0.264 e. The molecule has 2 aromatic rings. The third-order valence-electron chi connectivity index (χ3n) is 3.88. The van der Waals surface area contributed by atoms with Gasteiger partial charge >= 0.3 is 0 Å². The third-order valence-corrected chi connectivity index (χ3v) is 5.82. The van der Waals surface area contributed by atoms with Crippen molar-refractivity contribution in [1.82, 2.24) is 0 Å². The summed E-state index contributed by atoms with van der Waals surface area (Å²) in [6.45, 7) is 1.81. The van der Waals surface area contributed by atoms with Gasteiger partial charge in [-0.25, -0.2) is 17.2 Å². The Morgan fingerprint density at radius 2 is 1.68 bits per heavy atom. The molecule has 1 heterocycles. The van der Waals surface area contributed by atoms with Gasteiger partial charge in [0.15, 0.2) is 0 Å². The Kier molecular flexibility index (Phi) is 3.64. The standard InChI is InChI=1S/C16H15F2NO2S/c1-11-2-3-12-10-14(18)6-9-16(12)19(11)22(20,21)15-7-4-13(17)5-8-15/h4-11H,2-3H2,1H3/t11-/m0/s1. The minimum Gasteiger partial charge on any atom is -0.263 e. The smallest absolute Gasteiger partial charge is 0.263 e. The van der Waals surface area contributed by atoms with Crippen molar-refractivity contribution in [2.75, 3.05) is 4.31 Å². The van der Waals surface area contributed by atoms with Crippen LogP contribution in [0.25, 0.3) is 0 Å². The van der Waals surface area contributed by atoms with E-state index in [-0.39, 0.29) is 16.8 Å². The third kappa shape index (κ3) is 2.47. The van der Waals surface area contributed by atoms with E-state index in [0.29, 0.717) is 24.1 Å². The number of aryl methyl sites for hydroxylation is 1. The molecule has 3 nitrogen and oxygen atoms in total. The van der Waals surface area contributed by atoms with E-state index >= 15 is 0 Å². The predicted molar refractivity (Wildman–Crippen MR) is 80.2 cm³/mol. The van der Waals surface area contributed by atoms with Crippen molar-refractivity contribution < 1.29 is 17.2 Å². The lowest BCUT2D eigenvalue weighted by molar-refractivity contribution is 0.559. The van der Waals surface area contributed by atoms with Crippen molar-refractivity contribution in [3.8, 4) is 0 Å². The van der Waals surface area contributed by atoms with Crippen molar-refractivity contribution in [3.63, 3.8) is 0 Å². The molecule has 0 amide bonds. The zero-order valence-electron chi connectivity index (χ0n) is 12.0. The summed E-state index contributed by atoms with van der Waals surface area (Å²) in [7, 11) is -3.81. The molecule has 3 rings (SSSR count). The Balaban J connectivity index is 2.12. The number of sulfonamides is 1. The van der Waals surface area contributed by atoms with E-state index in [4.69, 9.17) is 0 Å². The topological polar surface area (TPSA) is 37.4 Å². The van der Waals surface area contributed by atoms with Crippen molar-refractivity contribution in [2.24, 2.45) is 0 Å². The highest BCUT2D eigenvalue weighted by Crippen LogP contribution is 2.35. The van der Waals surface area contributed by atoms with Crippen LogP contribution in [0.15, 0.2) is 47.4 Å². The molecule has 0 unspecified atom stereocenters. The normalized spacial score (nSPS) is 18.1. The highest BCUT2D eigenvalue weighted by Gasteiger charge is 2.33. The zero-order valence-corrected chi connectivity index (χ0v) is 12.8. The van der Waals surface area contributed by atoms with Crippen LogP contribution in [-0.4, -0.2) is 14.5 Å². The zero-order chi connectivity index (χ0) is 15.9. The maximum atomic E-state index is 13.4. The lowest BCUT2D eigenvalue weighted by atomic mass is 9.99. The number of hydrogen-bond donors (Lipinski definition) is 0. The van der Waals surface area contributed by atoms with Crippen LogP contribution in [-0.2, 0) is 16.4 Å². The van der Waals surface area contributed by atoms with Crippen molar-refractivity contribution >= 4 is 15.7 Å². The van der Waals surface area contributed by atoms with Gasteiger partial charge in [-0.2, -0.15) is 0 Å². The Morgan fingerprint density at radius 1 is 1.05 bits per heavy atom. The van der Waals surface area contributed by atoms with Crippen LogP contribution in [0.5, 0.6) is 0 Å². The molecule has 0 bridgehead atoms. The quantitative estimate of drug-likeness (QED) is 0.848. The number of fused-ring (bicyclic) bond motifs is 1. The van der Waals surface area contributed by atoms with Crippen molar-refractivity contribution in [3.05, 3.63) is 59.7 Å². The minimum absolute atomic E-state index is 0.0259. The van der Waals surface area contributed by atoms with E-state index in [0.717, 1.165) is 12.1 Å². The fourth-order valence-electron chi connectivity index (χ4n) is 2.77. The molecule has 0 saturated heterocycles. The molecule has 1 aliphatic heterocycles. The highest BCUT2D eigenvalue weighted by atomic mass is 32.2. The molecule has 0 N–H and O–H groups in total. The Labute approximate surface area is 128 Å². The number of anilines is 1. The second kappa shape index (κ2) is 5.35. The monoisotopic (exact) mass is 323 g/mol. The van der Waals surface area contributed by atoms with Gasteiger partial charge in [0.05, 0.1) is 10.6 Å². The average Bonchev–Trinajstić information content (AvgIpc) is 2.47. The average molecular weight is 323 g/mol. The van der Waals surface area contributed by atoms with Gasteiger partial charge in [0, 0.05) is 6.04 Å². The molecule has 0 saturated carbocycles. The summed E-state index contributed by atoms with van der Waals surface area (Å²) in [6, 6.07) is 8.60. The summed E-state index contributed by atoms with van der Waals surface area (Å²) < 4.78 is 53.4. The first-order valence-corrected chi connectivity index (χ1v) is 8.42. The lowest BCUT2D eigenvalue weighted by Crippen LogP contribution is -2.42. The van der Waals surface area contributed by atoms with Gasteiger partial charge in [-0.15, -0.1) is 0 Å². The summed E-state index contributed by atoms with van der Waals surface area (Å²) in [5, 5.41) is 0. The van der Waals surface area contributed by atoms with Crippen LogP contribution >= 0.6 is 0 Å². The molecular formula is C16H15F2NO2S. The van der Waals surface area contributed by atoms with Crippen molar-refractivity contribution in [1.29, 1.82) is 0 Å². The summed E-state index contributed by atoms with van der Waals surface area (Å²) in [5.74, 6) is -0.874. The first-order valence-electron chi connectivity index (χ1n) is 6.98. The predicted octanol–water partition coefficient (Wildman–Crippen LogP) is 3.49. The van der Waals surface area contributed by atoms with Crippen LogP contribution in [0.3, 0.4) is 0 Å². The number of rotatable bonds is 2. The fourth-order valence-corrected chi connectivity index (χ4v) is 4.50. The summed E-state index contributed by atoms with van der Waals surface area (Å²) >= 11 is 0. The van der Waals surface area contributed by atoms with Gasteiger partial charge in [0.2, 0.25) is 0 Å². The van der Waals surface area contributed by atoms with E-state index in [2.05, 4.69) is 0 Å². The maximum absolute atomic E-state index is 13.4. The number of benzene rings is 2. The van der Waals surface area contributed by atoms with Gasteiger partial charge in [-0.05, 0) is 67.8 Å². The van der Waals surface area contributed by atoms with Crippen LogP contribution in [0.4, 0.5) is 14.5 Å². The lowest BCUT2D eigenvalue weighted by Gasteiger charge is -2.36. The molecule has 2 aromatic carbocycles. The van der Waals surface area contributed by atoms with Gasteiger partial charge < -0.3 is 0 Å². The number of hydrogen-bond acceptors (Lipinski definition) is 2. The minimum atomic E-state index is -3.81. The summed E-state index contributed by atoms with van der Waals surface area (Å²) in [6.07, 6.45) is 1.24. The Morgan fingerprint density at radius 3 is 2.36 bits per heavy atom. The molecule has 6 heteroatoms. The summed E-state index contributed by atoms with van der Waals surface area (Å²) in [4.78, 5) is 0.0259. The highest BCUT2D eigenvalue weighted by molar-refractivity contribution is 7.92. The molecule has 0 radical (unpaired) electrons. The fraction of sp³-hybridized carbons (Fsp3) is 0.250. The first-order chi connectivity index (χ1) is 10.4. The van der Waals surface area contributed by atoms with Crippen LogP contribution in [0.1, 0.15) is 18.9 Å². The Bertz CT molecular complexity index is 803. The van der Waals surface area contributed by atoms with Crippen molar-refractivity contribution in [2.45, 2.75) is 30.7 Å². The van der Waals surface area contributed by atoms with Gasteiger partial charge in [-0.1, -0.05) is 0 Å². The van der Waals surface area contributed by atoms with E-state index in [1.54, 1.807) is 0 Å².